The smallest absolute Gasteiger partial charge is 0.475 e. The van der Waals surface area contributed by atoms with Crippen molar-refractivity contribution in [3.8, 4) is 22.6 Å². The molecule has 0 spiro atoms. The number of aromatic amines is 2. The highest BCUT2D eigenvalue weighted by atomic mass is 19.4. The molecule has 0 saturated heterocycles. The first kappa shape index (κ1) is 24.4. The summed E-state index contributed by atoms with van der Waals surface area (Å²) in [7, 11) is 1.65. The Bertz CT molecular complexity index is 1650. The summed E-state index contributed by atoms with van der Waals surface area (Å²) in [5.41, 5.74) is 2.80. The lowest BCUT2D eigenvalue weighted by Gasteiger charge is -2.14. The molecule has 5 aromatic rings. The molecule has 8 nitrogen and oxygen atoms in total. The highest BCUT2D eigenvalue weighted by molar-refractivity contribution is 6.00. The molecule has 13 heteroatoms. The Morgan fingerprint density at radius 1 is 1.08 bits per heavy atom. The van der Waals surface area contributed by atoms with Gasteiger partial charge in [0.15, 0.2) is 17.3 Å². The van der Waals surface area contributed by atoms with Crippen LogP contribution in [0.3, 0.4) is 0 Å². The molecule has 0 aliphatic rings. The molecule has 0 amide bonds. The van der Waals surface area contributed by atoms with Gasteiger partial charge in [0, 0.05) is 42.0 Å². The highest BCUT2D eigenvalue weighted by Crippen LogP contribution is 2.41. The Morgan fingerprint density at radius 3 is 2.47 bits per heavy atom. The molecular weight excluding hydrogens is 491 g/mol. The topological polar surface area (TPSA) is 113 Å². The van der Waals surface area contributed by atoms with E-state index in [2.05, 4.69) is 15.0 Å². The number of benzene rings is 2. The first-order chi connectivity index (χ1) is 17.0. The van der Waals surface area contributed by atoms with Crippen molar-refractivity contribution in [3.05, 3.63) is 77.1 Å². The standard InChI is InChI=1S/C21H14F2N4O2.C2HF3O2/c1-27-9-14(12-6-7-24-18(12)21(27)28)13-3-4-16-19(26-10-25-16)20(13)29-17-5-2-11(22)8-15(17)23;3-2(4,5)1(6)7/h2-10,24H,1H3,(H,25,26);(H,6,7). The number of halogens is 5. The van der Waals surface area contributed by atoms with Crippen molar-refractivity contribution in [2.45, 2.75) is 6.18 Å². The number of imidazole rings is 1. The number of fused-ring (bicyclic) bond motifs is 2. The van der Waals surface area contributed by atoms with E-state index in [0.717, 1.165) is 12.1 Å². The number of hydrogen-bond acceptors (Lipinski definition) is 4. The van der Waals surface area contributed by atoms with Crippen LogP contribution < -0.4 is 10.3 Å². The molecule has 5 rings (SSSR count). The van der Waals surface area contributed by atoms with Gasteiger partial charge in [0.1, 0.15) is 16.9 Å². The van der Waals surface area contributed by atoms with Gasteiger partial charge >= 0.3 is 12.1 Å². The second kappa shape index (κ2) is 9.17. The first-order valence-electron chi connectivity index (χ1n) is 10.0. The maximum atomic E-state index is 14.3. The van der Waals surface area contributed by atoms with Crippen LogP contribution in [0.5, 0.6) is 11.5 Å². The number of aromatic nitrogens is 4. The van der Waals surface area contributed by atoms with Gasteiger partial charge in [-0.3, -0.25) is 4.79 Å². The molecule has 186 valence electrons. The molecule has 3 heterocycles. The van der Waals surface area contributed by atoms with Gasteiger partial charge in [0.25, 0.3) is 5.56 Å². The lowest BCUT2D eigenvalue weighted by molar-refractivity contribution is -0.192. The van der Waals surface area contributed by atoms with Gasteiger partial charge in [-0.05, 0) is 30.3 Å². The van der Waals surface area contributed by atoms with E-state index in [1.165, 1.54) is 17.0 Å². The number of ether oxygens (including phenoxy) is 1. The zero-order valence-electron chi connectivity index (χ0n) is 18.2. The summed E-state index contributed by atoms with van der Waals surface area (Å²) in [6.45, 7) is 0. The summed E-state index contributed by atoms with van der Waals surface area (Å²) >= 11 is 0. The maximum absolute atomic E-state index is 14.3. The fraction of sp³-hybridized carbons (Fsp3) is 0.0870. The number of nitrogens with zero attached hydrogens (tertiary/aromatic N) is 2. The van der Waals surface area contributed by atoms with Crippen LogP contribution in [0.1, 0.15) is 0 Å². The second-order valence-electron chi connectivity index (χ2n) is 7.45. The van der Waals surface area contributed by atoms with Crippen LogP contribution in [0.2, 0.25) is 0 Å². The fourth-order valence-corrected chi connectivity index (χ4v) is 3.45. The van der Waals surface area contributed by atoms with E-state index in [0.29, 0.717) is 38.8 Å². The highest BCUT2D eigenvalue weighted by Gasteiger charge is 2.38. The third-order valence-corrected chi connectivity index (χ3v) is 5.08. The minimum atomic E-state index is -5.08. The van der Waals surface area contributed by atoms with Crippen LogP contribution in [0.4, 0.5) is 22.0 Å². The molecule has 0 fully saturated rings. The third kappa shape index (κ3) is 4.62. The summed E-state index contributed by atoms with van der Waals surface area (Å²) in [5, 5.41) is 7.83. The van der Waals surface area contributed by atoms with Gasteiger partial charge in [0.05, 0.1) is 11.8 Å². The van der Waals surface area contributed by atoms with E-state index >= 15 is 0 Å². The van der Waals surface area contributed by atoms with Crippen molar-refractivity contribution in [2.75, 3.05) is 0 Å². The monoisotopic (exact) mass is 506 g/mol. The van der Waals surface area contributed by atoms with Crippen molar-refractivity contribution < 1.29 is 36.6 Å². The number of aryl methyl sites for hydroxylation is 1. The second-order valence-corrected chi connectivity index (χ2v) is 7.45. The number of carboxylic acids is 1. The van der Waals surface area contributed by atoms with Gasteiger partial charge < -0.3 is 24.4 Å². The fourth-order valence-electron chi connectivity index (χ4n) is 3.45. The molecule has 3 N–H and O–H groups in total. The Labute approximate surface area is 197 Å². The van der Waals surface area contributed by atoms with Crippen LogP contribution in [0.15, 0.2) is 59.9 Å². The molecule has 0 bridgehead atoms. The predicted octanol–water partition coefficient (Wildman–Crippen LogP) is 5.11. The Hall–Kier alpha value is -4.68. The van der Waals surface area contributed by atoms with Crippen LogP contribution in [-0.2, 0) is 11.8 Å². The van der Waals surface area contributed by atoms with Crippen LogP contribution in [-0.4, -0.2) is 36.8 Å². The lowest BCUT2D eigenvalue weighted by atomic mass is 10.0. The van der Waals surface area contributed by atoms with Crippen molar-refractivity contribution in [1.29, 1.82) is 0 Å². The van der Waals surface area contributed by atoms with Crippen molar-refractivity contribution >= 4 is 27.9 Å². The number of aliphatic carboxylic acids is 1. The van der Waals surface area contributed by atoms with E-state index in [1.807, 2.05) is 12.1 Å². The molecule has 0 unspecified atom stereocenters. The summed E-state index contributed by atoms with van der Waals surface area (Å²) in [5.74, 6) is -4.10. The molecular formula is C23H15F5N4O4. The van der Waals surface area contributed by atoms with E-state index in [1.54, 1.807) is 25.5 Å². The summed E-state index contributed by atoms with van der Waals surface area (Å²) in [6.07, 6.45) is -0.196. The molecule has 0 atom stereocenters. The number of rotatable bonds is 3. The number of hydrogen-bond donors (Lipinski definition) is 3. The molecule has 0 radical (unpaired) electrons. The normalized spacial score (nSPS) is 11.4. The van der Waals surface area contributed by atoms with E-state index in [9.17, 15) is 26.7 Å². The zero-order chi connectivity index (χ0) is 26.2. The number of pyridine rings is 1. The van der Waals surface area contributed by atoms with Crippen molar-refractivity contribution in [2.24, 2.45) is 7.05 Å². The lowest BCUT2D eigenvalue weighted by Crippen LogP contribution is -2.21. The van der Waals surface area contributed by atoms with E-state index in [4.69, 9.17) is 14.6 Å². The Balaban J connectivity index is 0.000000384. The number of H-pyrrole nitrogens is 2. The van der Waals surface area contributed by atoms with Crippen molar-refractivity contribution in [3.63, 3.8) is 0 Å². The number of nitrogens with one attached hydrogen (secondary N) is 2. The van der Waals surface area contributed by atoms with Crippen molar-refractivity contribution in [1.82, 2.24) is 19.5 Å². The molecule has 36 heavy (non-hydrogen) atoms. The molecule has 3 aromatic heterocycles. The van der Waals surface area contributed by atoms with Gasteiger partial charge in [0.2, 0.25) is 0 Å². The van der Waals surface area contributed by atoms with E-state index < -0.39 is 23.8 Å². The number of carboxylic acid groups (broad SMARTS) is 1. The van der Waals surface area contributed by atoms with E-state index in [-0.39, 0.29) is 11.3 Å². The SMILES string of the molecule is Cn1cc(-c2ccc3[nH]cnc3c2Oc2ccc(F)cc2F)c2cc[nH]c2c1=O.O=C(O)C(F)(F)F. The zero-order valence-corrected chi connectivity index (χ0v) is 18.2. The van der Waals surface area contributed by atoms with Gasteiger partial charge in [-0.1, -0.05) is 0 Å². The minimum absolute atomic E-state index is 0.127. The van der Waals surface area contributed by atoms with Gasteiger partial charge in [-0.25, -0.2) is 18.6 Å². The quantitative estimate of drug-likeness (QED) is 0.294. The summed E-state index contributed by atoms with van der Waals surface area (Å²) < 4.78 is 66.7. The minimum Gasteiger partial charge on any atom is -0.475 e. The van der Waals surface area contributed by atoms with Crippen LogP contribution in [0.25, 0.3) is 33.1 Å². The van der Waals surface area contributed by atoms with Gasteiger partial charge in [-0.2, -0.15) is 13.2 Å². The Kier molecular flexibility index (Phi) is 6.23. The Morgan fingerprint density at radius 2 is 1.81 bits per heavy atom. The molecule has 2 aromatic carbocycles. The summed E-state index contributed by atoms with van der Waals surface area (Å²) in [4.78, 5) is 31.5. The van der Waals surface area contributed by atoms with Crippen LogP contribution >= 0.6 is 0 Å². The number of carbonyl (C=O) groups is 1. The largest absolute Gasteiger partial charge is 0.490 e. The molecule has 0 aliphatic heterocycles. The van der Waals surface area contributed by atoms with Gasteiger partial charge in [-0.15, -0.1) is 0 Å². The number of alkyl halides is 3. The average molecular weight is 506 g/mol. The maximum Gasteiger partial charge on any atom is 0.490 e. The first-order valence-corrected chi connectivity index (χ1v) is 10.0. The average Bonchev–Trinajstić information content (AvgIpc) is 3.48. The summed E-state index contributed by atoms with van der Waals surface area (Å²) in [6, 6.07) is 8.55. The van der Waals surface area contributed by atoms with Crippen LogP contribution in [0, 0.1) is 11.6 Å². The predicted molar refractivity (Wildman–Crippen MR) is 119 cm³/mol. The molecule has 0 saturated carbocycles. The molecule has 0 aliphatic carbocycles. The third-order valence-electron chi connectivity index (χ3n) is 5.08.